The number of hydrogen-bond acceptors (Lipinski definition) is 2. The average molecular weight is 358 g/mol. The SMILES string of the molecule is Cc1cc(I)ccc1NC(=O)C1(C)CCCCN1. The molecule has 1 aromatic carbocycles. The summed E-state index contributed by atoms with van der Waals surface area (Å²) in [7, 11) is 0. The summed E-state index contributed by atoms with van der Waals surface area (Å²) in [6.07, 6.45) is 3.18. The largest absolute Gasteiger partial charge is 0.324 e. The van der Waals surface area contributed by atoms with Crippen LogP contribution in [-0.2, 0) is 4.79 Å². The van der Waals surface area contributed by atoms with Crippen LogP contribution in [0, 0.1) is 10.5 Å². The molecular formula is C14H19IN2O. The maximum Gasteiger partial charge on any atom is 0.244 e. The Morgan fingerprint density at radius 2 is 2.22 bits per heavy atom. The number of hydrogen-bond donors (Lipinski definition) is 2. The summed E-state index contributed by atoms with van der Waals surface area (Å²) in [6, 6.07) is 6.06. The van der Waals surface area contributed by atoms with E-state index in [1.165, 1.54) is 3.57 Å². The van der Waals surface area contributed by atoms with Crippen LogP contribution in [0.2, 0.25) is 0 Å². The molecule has 18 heavy (non-hydrogen) atoms. The third-order valence-corrected chi connectivity index (χ3v) is 4.23. The van der Waals surface area contributed by atoms with E-state index in [1.807, 2.05) is 26.0 Å². The van der Waals surface area contributed by atoms with E-state index < -0.39 is 5.54 Å². The molecular weight excluding hydrogens is 339 g/mol. The van der Waals surface area contributed by atoms with Gasteiger partial charge in [0.05, 0.1) is 5.54 Å². The molecule has 1 atom stereocenters. The minimum absolute atomic E-state index is 0.0755. The Hall–Kier alpha value is -0.620. The zero-order chi connectivity index (χ0) is 13.2. The summed E-state index contributed by atoms with van der Waals surface area (Å²) >= 11 is 2.28. The van der Waals surface area contributed by atoms with Crippen LogP contribution in [0.1, 0.15) is 31.7 Å². The highest BCUT2D eigenvalue weighted by Gasteiger charge is 2.34. The molecule has 1 heterocycles. The van der Waals surface area contributed by atoms with Crippen molar-refractivity contribution in [3.63, 3.8) is 0 Å². The van der Waals surface area contributed by atoms with Crippen molar-refractivity contribution in [2.45, 2.75) is 38.6 Å². The number of amides is 1. The van der Waals surface area contributed by atoms with E-state index in [0.717, 1.165) is 37.1 Å². The maximum atomic E-state index is 12.4. The lowest BCUT2D eigenvalue weighted by Crippen LogP contribution is -2.54. The number of piperidine rings is 1. The molecule has 1 aliphatic heterocycles. The quantitative estimate of drug-likeness (QED) is 0.798. The van der Waals surface area contributed by atoms with Gasteiger partial charge in [0.1, 0.15) is 0 Å². The molecule has 98 valence electrons. The molecule has 4 heteroatoms. The van der Waals surface area contributed by atoms with Crippen LogP contribution in [0.15, 0.2) is 18.2 Å². The van der Waals surface area contributed by atoms with Gasteiger partial charge in [-0.2, -0.15) is 0 Å². The molecule has 0 spiro atoms. The third kappa shape index (κ3) is 3.03. The summed E-state index contributed by atoms with van der Waals surface area (Å²) in [5, 5.41) is 6.38. The zero-order valence-electron chi connectivity index (χ0n) is 10.8. The van der Waals surface area contributed by atoms with Gasteiger partial charge in [-0.15, -0.1) is 0 Å². The summed E-state index contributed by atoms with van der Waals surface area (Å²) in [5.74, 6) is 0.0755. The van der Waals surface area contributed by atoms with Crippen LogP contribution >= 0.6 is 22.6 Å². The average Bonchev–Trinajstić information content (AvgIpc) is 2.33. The van der Waals surface area contributed by atoms with E-state index >= 15 is 0 Å². The fraction of sp³-hybridized carbons (Fsp3) is 0.500. The molecule has 1 amide bonds. The number of carbonyl (C=O) groups is 1. The molecule has 2 rings (SSSR count). The van der Waals surface area contributed by atoms with Crippen molar-refractivity contribution in [2.24, 2.45) is 0 Å². The number of benzene rings is 1. The van der Waals surface area contributed by atoms with Crippen LogP contribution < -0.4 is 10.6 Å². The van der Waals surface area contributed by atoms with E-state index in [4.69, 9.17) is 0 Å². The lowest BCUT2D eigenvalue weighted by Gasteiger charge is -2.33. The number of anilines is 1. The molecule has 1 aromatic rings. The normalized spacial score (nSPS) is 23.7. The molecule has 0 radical (unpaired) electrons. The second-order valence-corrected chi connectivity index (χ2v) is 6.37. The van der Waals surface area contributed by atoms with Gasteiger partial charge in [0.15, 0.2) is 0 Å². The smallest absolute Gasteiger partial charge is 0.244 e. The number of aryl methyl sites for hydroxylation is 1. The molecule has 3 nitrogen and oxygen atoms in total. The van der Waals surface area contributed by atoms with E-state index in [1.54, 1.807) is 0 Å². The van der Waals surface area contributed by atoms with Gasteiger partial charge in [-0.3, -0.25) is 4.79 Å². The number of nitrogens with one attached hydrogen (secondary N) is 2. The first-order chi connectivity index (χ1) is 8.51. The van der Waals surface area contributed by atoms with Gasteiger partial charge in [-0.25, -0.2) is 0 Å². The molecule has 1 saturated heterocycles. The molecule has 2 N–H and O–H groups in total. The Morgan fingerprint density at radius 1 is 1.44 bits per heavy atom. The summed E-state index contributed by atoms with van der Waals surface area (Å²) in [4.78, 5) is 12.4. The molecule has 1 aliphatic rings. The molecule has 0 aliphatic carbocycles. The van der Waals surface area contributed by atoms with Crippen molar-refractivity contribution in [3.8, 4) is 0 Å². The summed E-state index contributed by atoms with van der Waals surface area (Å²) in [6.45, 7) is 4.94. The Kier molecular flexibility index (Phi) is 4.27. The fourth-order valence-corrected chi connectivity index (χ4v) is 2.92. The van der Waals surface area contributed by atoms with Gasteiger partial charge in [0, 0.05) is 9.26 Å². The molecule has 1 fully saturated rings. The van der Waals surface area contributed by atoms with Gasteiger partial charge in [0.25, 0.3) is 0 Å². The van der Waals surface area contributed by atoms with Gasteiger partial charge in [-0.05, 0) is 86.0 Å². The van der Waals surface area contributed by atoms with Crippen LogP contribution in [0.4, 0.5) is 5.69 Å². The minimum atomic E-state index is -0.423. The first-order valence-electron chi connectivity index (χ1n) is 6.34. The Labute approximate surface area is 122 Å². The topological polar surface area (TPSA) is 41.1 Å². The molecule has 0 bridgehead atoms. The van der Waals surface area contributed by atoms with Crippen molar-refractivity contribution in [1.82, 2.24) is 5.32 Å². The minimum Gasteiger partial charge on any atom is -0.324 e. The first-order valence-corrected chi connectivity index (χ1v) is 7.42. The Balaban J connectivity index is 2.11. The number of carbonyl (C=O) groups excluding carboxylic acids is 1. The lowest BCUT2D eigenvalue weighted by atomic mass is 9.90. The summed E-state index contributed by atoms with van der Waals surface area (Å²) in [5.41, 5.74) is 1.59. The van der Waals surface area contributed by atoms with E-state index in [0.29, 0.717) is 0 Å². The predicted molar refractivity (Wildman–Crippen MR) is 82.8 cm³/mol. The standard InChI is InChI=1S/C14H19IN2O/c1-10-9-11(15)5-6-12(10)17-13(18)14(2)7-3-4-8-16-14/h5-6,9,16H,3-4,7-8H2,1-2H3,(H,17,18). The Morgan fingerprint density at radius 3 is 2.83 bits per heavy atom. The highest BCUT2D eigenvalue weighted by molar-refractivity contribution is 14.1. The van der Waals surface area contributed by atoms with Gasteiger partial charge >= 0.3 is 0 Å². The highest BCUT2D eigenvalue weighted by Crippen LogP contribution is 2.23. The highest BCUT2D eigenvalue weighted by atomic mass is 127. The summed E-state index contributed by atoms with van der Waals surface area (Å²) < 4.78 is 1.19. The predicted octanol–water partition coefficient (Wildman–Crippen LogP) is 3.07. The number of rotatable bonds is 2. The first kappa shape index (κ1) is 13.8. The van der Waals surface area contributed by atoms with Gasteiger partial charge in [-0.1, -0.05) is 0 Å². The van der Waals surface area contributed by atoms with E-state index in [-0.39, 0.29) is 5.91 Å². The van der Waals surface area contributed by atoms with E-state index in [9.17, 15) is 4.79 Å². The lowest BCUT2D eigenvalue weighted by molar-refractivity contribution is -0.122. The van der Waals surface area contributed by atoms with Crippen molar-refractivity contribution in [2.75, 3.05) is 11.9 Å². The zero-order valence-corrected chi connectivity index (χ0v) is 13.0. The van der Waals surface area contributed by atoms with Crippen molar-refractivity contribution in [1.29, 1.82) is 0 Å². The van der Waals surface area contributed by atoms with Crippen molar-refractivity contribution in [3.05, 3.63) is 27.3 Å². The molecule has 1 unspecified atom stereocenters. The van der Waals surface area contributed by atoms with Crippen LogP contribution in [0.3, 0.4) is 0 Å². The Bertz CT molecular complexity index is 453. The maximum absolute atomic E-state index is 12.4. The monoisotopic (exact) mass is 358 g/mol. The third-order valence-electron chi connectivity index (χ3n) is 3.56. The van der Waals surface area contributed by atoms with Crippen LogP contribution in [0.5, 0.6) is 0 Å². The second-order valence-electron chi connectivity index (χ2n) is 5.13. The van der Waals surface area contributed by atoms with Crippen LogP contribution in [0.25, 0.3) is 0 Å². The van der Waals surface area contributed by atoms with Gasteiger partial charge in [0.2, 0.25) is 5.91 Å². The number of halogens is 1. The molecule has 0 aromatic heterocycles. The van der Waals surface area contributed by atoms with Crippen molar-refractivity contribution >= 4 is 34.2 Å². The van der Waals surface area contributed by atoms with E-state index in [2.05, 4.69) is 39.3 Å². The van der Waals surface area contributed by atoms with Crippen LogP contribution in [-0.4, -0.2) is 18.0 Å². The molecule has 0 saturated carbocycles. The van der Waals surface area contributed by atoms with Gasteiger partial charge < -0.3 is 10.6 Å². The van der Waals surface area contributed by atoms with Crippen molar-refractivity contribution < 1.29 is 4.79 Å². The second kappa shape index (κ2) is 5.57. The fourth-order valence-electron chi connectivity index (χ4n) is 2.28.